The topological polar surface area (TPSA) is 98.1 Å². The first-order valence-electron chi connectivity index (χ1n) is 6.64. The third-order valence-corrected chi connectivity index (χ3v) is 3.80. The van der Waals surface area contributed by atoms with Crippen LogP contribution in [0.2, 0.25) is 0 Å². The highest BCUT2D eigenvalue weighted by Crippen LogP contribution is 2.34. The molecule has 2 unspecified atom stereocenters. The summed E-state index contributed by atoms with van der Waals surface area (Å²) in [6, 6.07) is 0. The van der Waals surface area contributed by atoms with Crippen molar-refractivity contribution < 1.29 is 9.90 Å². The van der Waals surface area contributed by atoms with E-state index >= 15 is 0 Å². The van der Waals surface area contributed by atoms with Crippen LogP contribution in [-0.2, 0) is 4.79 Å². The highest BCUT2D eigenvalue weighted by Gasteiger charge is 2.41. The zero-order chi connectivity index (χ0) is 13.4. The van der Waals surface area contributed by atoms with E-state index < -0.39 is 11.5 Å². The fourth-order valence-corrected chi connectivity index (χ4v) is 2.69. The summed E-state index contributed by atoms with van der Waals surface area (Å²) in [5.41, 5.74) is 7.40. The molecule has 6 nitrogen and oxygen atoms in total. The largest absolute Gasteiger partial charge is 0.480 e. The van der Waals surface area contributed by atoms with Gasteiger partial charge in [-0.15, -0.1) is 0 Å². The Labute approximate surface area is 107 Å². The molecule has 0 aromatic heterocycles. The van der Waals surface area contributed by atoms with Crippen molar-refractivity contribution >= 4 is 5.97 Å². The van der Waals surface area contributed by atoms with Crippen molar-refractivity contribution in [2.75, 3.05) is 13.1 Å². The van der Waals surface area contributed by atoms with Gasteiger partial charge in [-0.25, -0.2) is 0 Å². The molecule has 18 heavy (non-hydrogen) atoms. The molecule has 0 aromatic rings. The van der Waals surface area contributed by atoms with Gasteiger partial charge in [0.15, 0.2) is 0 Å². The standard InChI is InChI=1S/C12H22N4O2/c1-2-10-5-3-6-12(9-10,11(17)18)14-7-4-8-15-16-13/h10,14H,2-9H2,1H3,(H,17,18). The summed E-state index contributed by atoms with van der Waals surface area (Å²) in [5.74, 6) is -0.246. The minimum absolute atomic E-state index is 0.413. The molecule has 0 heterocycles. The van der Waals surface area contributed by atoms with Crippen molar-refractivity contribution in [2.45, 2.75) is 51.0 Å². The molecule has 1 aliphatic rings. The van der Waals surface area contributed by atoms with Gasteiger partial charge in [0.1, 0.15) is 5.54 Å². The van der Waals surface area contributed by atoms with E-state index in [0.717, 1.165) is 19.3 Å². The normalized spacial score (nSPS) is 27.5. The number of nitrogens with zero attached hydrogens (tertiary/aromatic N) is 3. The van der Waals surface area contributed by atoms with Crippen LogP contribution >= 0.6 is 0 Å². The summed E-state index contributed by atoms with van der Waals surface area (Å²) in [6.07, 6.45) is 5.21. The number of hydrogen-bond donors (Lipinski definition) is 2. The average molecular weight is 254 g/mol. The second-order valence-corrected chi connectivity index (χ2v) is 4.99. The molecule has 0 spiro atoms. The Balaban J connectivity index is 2.52. The first kappa shape index (κ1) is 14.8. The summed E-state index contributed by atoms with van der Waals surface area (Å²) in [4.78, 5) is 14.2. The molecule has 0 bridgehead atoms. The maximum absolute atomic E-state index is 11.5. The van der Waals surface area contributed by atoms with E-state index in [-0.39, 0.29) is 0 Å². The molecule has 0 aliphatic heterocycles. The van der Waals surface area contributed by atoms with Gasteiger partial charge in [-0.3, -0.25) is 4.79 Å². The molecule has 1 aliphatic carbocycles. The van der Waals surface area contributed by atoms with Crippen LogP contribution < -0.4 is 5.32 Å². The molecular weight excluding hydrogens is 232 g/mol. The fraction of sp³-hybridized carbons (Fsp3) is 0.917. The van der Waals surface area contributed by atoms with Crippen molar-refractivity contribution in [1.29, 1.82) is 0 Å². The van der Waals surface area contributed by atoms with Crippen LogP contribution in [0, 0.1) is 5.92 Å². The number of azide groups is 1. The second-order valence-electron chi connectivity index (χ2n) is 4.99. The third-order valence-electron chi connectivity index (χ3n) is 3.80. The molecule has 0 aromatic carbocycles. The highest BCUT2D eigenvalue weighted by atomic mass is 16.4. The summed E-state index contributed by atoms with van der Waals surface area (Å²) in [5, 5.41) is 16.1. The lowest BCUT2D eigenvalue weighted by atomic mass is 9.74. The first-order chi connectivity index (χ1) is 8.64. The van der Waals surface area contributed by atoms with Crippen molar-refractivity contribution in [3.05, 3.63) is 10.4 Å². The zero-order valence-corrected chi connectivity index (χ0v) is 10.9. The maximum atomic E-state index is 11.5. The predicted octanol–water partition coefficient (Wildman–Crippen LogP) is 2.70. The number of rotatable bonds is 7. The van der Waals surface area contributed by atoms with Gasteiger partial charge in [0.2, 0.25) is 0 Å². The number of carboxylic acids is 1. The number of nitrogens with one attached hydrogen (secondary N) is 1. The summed E-state index contributed by atoms with van der Waals surface area (Å²) >= 11 is 0. The lowest BCUT2D eigenvalue weighted by Gasteiger charge is -2.38. The van der Waals surface area contributed by atoms with Crippen molar-refractivity contribution in [3.8, 4) is 0 Å². The molecule has 1 saturated carbocycles. The van der Waals surface area contributed by atoms with E-state index in [2.05, 4.69) is 22.3 Å². The maximum Gasteiger partial charge on any atom is 0.323 e. The summed E-state index contributed by atoms with van der Waals surface area (Å²) in [7, 11) is 0. The average Bonchev–Trinajstić information content (AvgIpc) is 2.38. The SMILES string of the molecule is CCC1CCCC(NCCCN=[N+]=[N-])(C(=O)O)C1. The van der Waals surface area contributed by atoms with E-state index in [4.69, 9.17) is 5.53 Å². The lowest BCUT2D eigenvalue weighted by Crippen LogP contribution is -2.55. The number of carboxylic acid groups (broad SMARTS) is 1. The Morgan fingerprint density at radius 3 is 3.06 bits per heavy atom. The molecule has 2 N–H and O–H groups in total. The fourth-order valence-electron chi connectivity index (χ4n) is 2.69. The van der Waals surface area contributed by atoms with Crippen LogP contribution in [-0.4, -0.2) is 29.7 Å². The van der Waals surface area contributed by atoms with Gasteiger partial charge in [-0.1, -0.05) is 31.3 Å². The van der Waals surface area contributed by atoms with Crippen LogP contribution in [0.3, 0.4) is 0 Å². The smallest absolute Gasteiger partial charge is 0.323 e. The molecule has 1 rings (SSSR count). The summed E-state index contributed by atoms with van der Waals surface area (Å²) in [6.45, 7) is 3.11. The predicted molar refractivity (Wildman–Crippen MR) is 69.2 cm³/mol. The highest BCUT2D eigenvalue weighted by molar-refractivity contribution is 5.79. The van der Waals surface area contributed by atoms with Crippen LogP contribution in [0.1, 0.15) is 45.4 Å². The van der Waals surface area contributed by atoms with Crippen LogP contribution in [0.4, 0.5) is 0 Å². The van der Waals surface area contributed by atoms with Crippen molar-refractivity contribution in [3.63, 3.8) is 0 Å². The Morgan fingerprint density at radius 2 is 2.44 bits per heavy atom. The second kappa shape index (κ2) is 7.24. The van der Waals surface area contributed by atoms with Crippen molar-refractivity contribution in [1.82, 2.24) is 5.32 Å². The molecule has 0 radical (unpaired) electrons. The molecule has 2 atom stereocenters. The van der Waals surface area contributed by atoms with E-state index in [1.54, 1.807) is 0 Å². The zero-order valence-electron chi connectivity index (χ0n) is 10.9. The van der Waals surface area contributed by atoms with Gasteiger partial charge in [-0.05, 0) is 37.3 Å². The van der Waals surface area contributed by atoms with Crippen LogP contribution in [0.25, 0.3) is 10.4 Å². The van der Waals surface area contributed by atoms with E-state index in [1.807, 2.05) is 0 Å². The van der Waals surface area contributed by atoms with Crippen LogP contribution in [0.5, 0.6) is 0 Å². The molecule has 102 valence electrons. The van der Waals surface area contributed by atoms with Gasteiger partial charge in [0.25, 0.3) is 0 Å². The molecule has 6 heteroatoms. The number of carbonyl (C=O) groups is 1. The van der Waals surface area contributed by atoms with Crippen LogP contribution in [0.15, 0.2) is 5.11 Å². The number of hydrogen-bond acceptors (Lipinski definition) is 3. The number of aliphatic carboxylic acids is 1. The van der Waals surface area contributed by atoms with Gasteiger partial charge in [0, 0.05) is 11.5 Å². The summed E-state index contributed by atoms with van der Waals surface area (Å²) < 4.78 is 0. The minimum atomic E-state index is -0.769. The van der Waals surface area contributed by atoms with Gasteiger partial charge in [-0.2, -0.15) is 0 Å². The molecular formula is C12H22N4O2. The Morgan fingerprint density at radius 1 is 1.67 bits per heavy atom. The molecule has 0 amide bonds. The van der Waals surface area contributed by atoms with Gasteiger partial charge in [0.05, 0.1) is 0 Å². The Hall–Kier alpha value is -1.26. The van der Waals surface area contributed by atoms with E-state index in [9.17, 15) is 9.90 Å². The lowest BCUT2D eigenvalue weighted by molar-refractivity contribution is -0.147. The Kier molecular flexibility index (Phi) is 5.95. The van der Waals surface area contributed by atoms with Crippen molar-refractivity contribution in [2.24, 2.45) is 11.0 Å². The quantitative estimate of drug-likeness (QED) is 0.316. The van der Waals surface area contributed by atoms with Gasteiger partial charge < -0.3 is 10.4 Å². The van der Waals surface area contributed by atoms with E-state index in [0.29, 0.717) is 38.3 Å². The minimum Gasteiger partial charge on any atom is -0.480 e. The monoisotopic (exact) mass is 254 g/mol. The molecule has 1 fully saturated rings. The first-order valence-corrected chi connectivity index (χ1v) is 6.64. The van der Waals surface area contributed by atoms with Gasteiger partial charge >= 0.3 is 5.97 Å². The third kappa shape index (κ3) is 3.89. The molecule has 0 saturated heterocycles. The Bertz CT molecular complexity index is 328. The van der Waals surface area contributed by atoms with E-state index in [1.165, 1.54) is 0 Å².